The molecule has 1 aliphatic carbocycles. The molecule has 1 fully saturated rings. The van der Waals surface area contributed by atoms with Gasteiger partial charge < -0.3 is 15.4 Å². The summed E-state index contributed by atoms with van der Waals surface area (Å²) in [5, 5.41) is 6.77. The van der Waals surface area contributed by atoms with Crippen molar-refractivity contribution in [1.82, 2.24) is 9.97 Å². The molecule has 0 bridgehead atoms. The highest BCUT2D eigenvalue weighted by Gasteiger charge is 2.13. The number of hydrogen-bond acceptors (Lipinski definition) is 5. The lowest BCUT2D eigenvalue weighted by Crippen LogP contribution is -2.22. The maximum absolute atomic E-state index is 5.65. The third-order valence-electron chi connectivity index (χ3n) is 4.09. The summed E-state index contributed by atoms with van der Waals surface area (Å²) in [6.07, 6.45) is 8.38. The third kappa shape index (κ3) is 4.85. The van der Waals surface area contributed by atoms with E-state index < -0.39 is 0 Å². The Hall–Kier alpha value is -2.30. The van der Waals surface area contributed by atoms with Crippen LogP contribution in [0.5, 0.6) is 5.75 Å². The first-order valence-electron chi connectivity index (χ1n) is 8.82. The van der Waals surface area contributed by atoms with Gasteiger partial charge in [0.05, 0.1) is 6.10 Å². The van der Waals surface area contributed by atoms with Crippen molar-refractivity contribution in [2.45, 2.75) is 58.1 Å². The molecule has 0 amide bonds. The van der Waals surface area contributed by atoms with Crippen LogP contribution in [0.3, 0.4) is 0 Å². The van der Waals surface area contributed by atoms with E-state index in [1.807, 2.05) is 44.2 Å². The summed E-state index contributed by atoms with van der Waals surface area (Å²) in [5.41, 5.74) is 0.945. The van der Waals surface area contributed by atoms with Crippen LogP contribution in [0.1, 0.15) is 46.0 Å². The molecule has 0 radical (unpaired) electrons. The number of anilines is 3. The fraction of sp³-hybridized carbons (Fsp3) is 0.474. The molecule has 0 unspecified atom stereocenters. The summed E-state index contributed by atoms with van der Waals surface area (Å²) in [6.45, 7) is 4.04. The second kappa shape index (κ2) is 7.99. The molecule has 0 atom stereocenters. The van der Waals surface area contributed by atoms with Gasteiger partial charge in [0.15, 0.2) is 0 Å². The van der Waals surface area contributed by atoms with Crippen molar-refractivity contribution in [2.24, 2.45) is 0 Å². The molecule has 0 spiro atoms. The first-order chi connectivity index (χ1) is 11.7. The lowest BCUT2D eigenvalue weighted by Gasteiger charge is -2.23. The molecule has 5 nitrogen and oxygen atoms in total. The zero-order valence-electron chi connectivity index (χ0n) is 14.5. The van der Waals surface area contributed by atoms with Gasteiger partial charge in [-0.15, -0.1) is 0 Å². The SMILES string of the molecule is CC(C)Oc1ccc(Nc2nccc(NC3CCCCC3)n2)cc1. The predicted molar refractivity (Wildman–Crippen MR) is 98.0 cm³/mol. The van der Waals surface area contributed by atoms with Crippen molar-refractivity contribution in [2.75, 3.05) is 10.6 Å². The Morgan fingerprint density at radius 1 is 1.04 bits per heavy atom. The van der Waals surface area contributed by atoms with Crippen LogP contribution in [0.25, 0.3) is 0 Å². The van der Waals surface area contributed by atoms with Gasteiger partial charge in [-0.1, -0.05) is 19.3 Å². The zero-order chi connectivity index (χ0) is 16.8. The van der Waals surface area contributed by atoms with Gasteiger partial charge in [0.25, 0.3) is 0 Å². The number of nitrogens with zero attached hydrogens (tertiary/aromatic N) is 2. The topological polar surface area (TPSA) is 59.1 Å². The molecule has 24 heavy (non-hydrogen) atoms. The molecule has 1 aromatic heterocycles. The summed E-state index contributed by atoms with van der Waals surface area (Å²) in [6, 6.07) is 10.3. The van der Waals surface area contributed by atoms with E-state index in [-0.39, 0.29) is 6.10 Å². The highest BCUT2D eigenvalue weighted by atomic mass is 16.5. The number of hydrogen-bond donors (Lipinski definition) is 2. The highest BCUT2D eigenvalue weighted by Crippen LogP contribution is 2.22. The maximum atomic E-state index is 5.65. The number of benzene rings is 1. The van der Waals surface area contributed by atoms with Crippen LogP contribution in [0.15, 0.2) is 36.5 Å². The van der Waals surface area contributed by atoms with Gasteiger partial charge in [0.2, 0.25) is 5.95 Å². The second-order valence-electron chi connectivity index (χ2n) is 6.56. The van der Waals surface area contributed by atoms with E-state index in [9.17, 15) is 0 Å². The molecule has 1 saturated carbocycles. The Bertz CT molecular complexity index is 636. The van der Waals surface area contributed by atoms with Gasteiger partial charge in [-0.05, 0) is 57.0 Å². The van der Waals surface area contributed by atoms with Gasteiger partial charge in [-0.25, -0.2) is 4.98 Å². The van der Waals surface area contributed by atoms with Crippen LogP contribution < -0.4 is 15.4 Å². The fourth-order valence-electron chi connectivity index (χ4n) is 2.97. The molecule has 1 aliphatic rings. The Labute approximate surface area is 143 Å². The maximum Gasteiger partial charge on any atom is 0.229 e. The molecule has 2 N–H and O–H groups in total. The molecule has 128 valence electrons. The largest absolute Gasteiger partial charge is 0.491 e. The predicted octanol–water partition coefficient (Wildman–Crippen LogP) is 4.75. The van der Waals surface area contributed by atoms with Crippen molar-refractivity contribution < 1.29 is 4.74 Å². The van der Waals surface area contributed by atoms with Crippen LogP contribution >= 0.6 is 0 Å². The smallest absolute Gasteiger partial charge is 0.229 e. The minimum absolute atomic E-state index is 0.176. The minimum Gasteiger partial charge on any atom is -0.491 e. The number of rotatable bonds is 6. The van der Waals surface area contributed by atoms with Crippen LogP contribution in [-0.4, -0.2) is 22.1 Å². The van der Waals surface area contributed by atoms with Gasteiger partial charge in [0, 0.05) is 17.9 Å². The average molecular weight is 326 g/mol. The van der Waals surface area contributed by atoms with Crippen molar-refractivity contribution in [3.8, 4) is 5.75 Å². The van der Waals surface area contributed by atoms with Crippen LogP contribution in [0.2, 0.25) is 0 Å². The van der Waals surface area contributed by atoms with Crippen molar-refractivity contribution in [1.29, 1.82) is 0 Å². The molecule has 1 heterocycles. The molecule has 5 heteroatoms. The average Bonchev–Trinajstić information content (AvgIpc) is 2.57. The molecule has 0 saturated heterocycles. The van der Waals surface area contributed by atoms with Gasteiger partial charge in [-0.3, -0.25) is 0 Å². The van der Waals surface area contributed by atoms with Crippen molar-refractivity contribution in [3.63, 3.8) is 0 Å². The number of ether oxygens (including phenoxy) is 1. The van der Waals surface area contributed by atoms with E-state index in [4.69, 9.17) is 4.74 Å². The van der Waals surface area contributed by atoms with E-state index in [1.54, 1.807) is 6.20 Å². The lowest BCUT2D eigenvalue weighted by molar-refractivity contribution is 0.242. The summed E-state index contributed by atoms with van der Waals surface area (Å²) in [7, 11) is 0. The Balaban J connectivity index is 1.61. The van der Waals surface area contributed by atoms with E-state index in [0.29, 0.717) is 12.0 Å². The van der Waals surface area contributed by atoms with E-state index in [2.05, 4.69) is 20.6 Å². The van der Waals surface area contributed by atoms with Crippen LogP contribution in [-0.2, 0) is 0 Å². The Kier molecular flexibility index (Phi) is 5.51. The Morgan fingerprint density at radius 3 is 2.50 bits per heavy atom. The third-order valence-corrected chi connectivity index (χ3v) is 4.09. The van der Waals surface area contributed by atoms with Crippen LogP contribution in [0.4, 0.5) is 17.5 Å². The van der Waals surface area contributed by atoms with Gasteiger partial charge in [0.1, 0.15) is 11.6 Å². The van der Waals surface area contributed by atoms with Crippen LogP contribution in [0, 0.1) is 0 Å². The Morgan fingerprint density at radius 2 is 1.79 bits per heavy atom. The summed E-state index contributed by atoms with van der Waals surface area (Å²) < 4.78 is 5.65. The molecular weight excluding hydrogens is 300 g/mol. The van der Waals surface area contributed by atoms with Gasteiger partial charge in [-0.2, -0.15) is 4.98 Å². The lowest BCUT2D eigenvalue weighted by atomic mass is 9.95. The monoisotopic (exact) mass is 326 g/mol. The van der Waals surface area contributed by atoms with E-state index in [1.165, 1.54) is 32.1 Å². The summed E-state index contributed by atoms with van der Waals surface area (Å²) in [4.78, 5) is 8.87. The van der Waals surface area contributed by atoms with Gasteiger partial charge >= 0.3 is 0 Å². The summed E-state index contributed by atoms with van der Waals surface area (Å²) >= 11 is 0. The van der Waals surface area contributed by atoms with E-state index in [0.717, 1.165) is 17.3 Å². The van der Waals surface area contributed by atoms with Crippen molar-refractivity contribution >= 4 is 17.5 Å². The van der Waals surface area contributed by atoms with E-state index >= 15 is 0 Å². The second-order valence-corrected chi connectivity index (χ2v) is 6.56. The first kappa shape index (κ1) is 16.6. The minimum atomic E-state index is 0.176. The highest BCUT2D eigenvalue weighted by molar-refractivity contribution is 5.55. The number of aromatic nitrogens is 2. The standard InChI is InChI=1S/C19H26N4O/c1-14(2)24-17-10-8-16(9-11-17)22-19-20-13-12-18(23-19)21-15-6-4-3-5-7-15/h8-15H,3-7H2,1-2H3,(H2,20,21,22,23). The fourth-order valence-corrected chi connectivity index (χ4v) is 2.97. The first-order valence-corrected chi connectivity index (χ1v) is 8.82. The number of nitrogens with one attached hydrogen (secondary N) is 2. The normalized spacial score (nSPS) is 15.3. The molecule has 1 aromatic carbocycles. The molecule has 3 rings (SSSR count). The quantitative estimate of drug-likeness (QED) is 0.802. The molecule has 0 aliphatic heterocycles. The van der Waals surface area contributed by atoms with Crippen molar-refractivity contribution in [3.05, 3.63) is 36.5 Å². The molecule has 2 aromatic rings. The zero-order valence-corrected chi connectivity index (χ0v) is 14.5. The molecular formula is C19H26N4O. The summed E-state index contributed by atoms with van der Waals surface area (Å²) in [5.74, 6) is 2.36.